The minimum Gasteiger partial charge on any atom is -0.321 e. The minimum absolute atomic E-state index is 0.0558. The Morgan fingerprint density at radius 3 is 2.20 bits per heavy atom. The summed E-state index contributed by atoms with van der Waals surface area (Å²) in [7, 11) is 0. The molecular weight excluding hydrogens is 314 g/mol. The van der Waals surface area contributed by atoms with Crippen LogP contribution in [0.4, 0.5) is 5.69 Å². The zero-order valence-corrected chi connectivity index (χ0v) is 13.8. The molecule has 0 aliphatic rings. The van der Waals surface area contributed by atoms with Crippen molar-refractivity contribution >= 4 is 27.5 Å². The van der Waals surface area contributed by atoms with Crippen LogP contribution >= 0.6 is 15.9 Å². The minimum atomic E-state index is -0.0558. The summed E-state index contributed by atoms with van der Waals surface area (Å²) in [6, 6.07) is 9.80. The fourth-order valence-corrected chi connectivity index (χ4v) is 2.97. The van der Waals surface area contributed by atoms with E-state index in [0.717, 1.165) is 38.0 Å². The first kappa shape index (κ1) is 14.8. The number of aryl methyl sites for hydroxylation is 3. The molecule has 20 heavy (non-hydrogen) atoms. The van der Waals surface area contributed by atoms with Crippen LogP contribution in [0.15, 0.2) is 34.8 Å². The van der Waals surface area contributed by atoms with Crippen molar-refractivity contribution in [3.8, 4) is 0 Å². The van der Waals surface area contributed by atoms with Gasteiger partial charge in [-0.25, -0.2) is 0 Å². The normalized spacial score (nSPS) is 10.4. The number of carbonyl (C=O) groups excluding carboxylic acids is 1. The first-order valence-electron chi connectivity index (χ1n) is 6.54. The van der Waals surface area contributed by atoms with Gasteiger partial charge in [0.2, 0.25) is 0 Å². The quantitative estimate of drug-likeness (QED) is 0.830. The first-order chi connectivity index (χ1) is 9.40. The summed E-state index contributed by atoms with van der Waals surface area (Å²) in [5.41, 5.74) is 5.87. The van der Waals surface area contributed by atoms with Gasteiger partial charge in [0, 0.05) is 15.7 Å². The fourth-order valence-electron chi connectivity index (χ4n) is 2.29. The van der Waals surface area contributed by atoms with Gasteiger partial charge in [-0.05, 0) is 68.1 Å². The van der Waals surface area contributed by atoms with Gasteiger partial charge in [-0.2, -0.15) is 0 Å². The van der Waals surface area contributed by atoms with E-state index in [9.17, 15) is 4.79 Å². The van der Waals surface area contributed by atoms with Gasteiger partial charge in [-0.1, -0.05) is 28.1 Å². The highest BCUT2D eigenvalue weighted by Crippen LogP contribution is 2.26. The highest BCUT2D eigenvalue weighted by atomic mass is 79.9. The van der Waals surface area contributed by atoms with Crippen molar-refractivity contribution in [2.45, 2.75) is 27.7 Å². The third-order valence-corrected chi connectivity index (χ3v) is 4.04. The first-order valence-corrected chi connectivity index (χ1v) is 7.33. The predicted molar refractivity (Wildman–Crippen MR) is 87.5 cm³/mol. The van der Waals surface area contributed by atoms with Crippen LogP contribution in [-0.4, -0.2) is 5.91 Å². The summed E-state index contributed by atoms with van der Waals surface area (Å²) in [5.74, 6) is -0.0558. The van der Waals surface area contributed by atoms with Gasteiger partial charge in [0.1, 0.15) is 0 Å². The Morgan fingerprint density at radius 2 is 1.60 bits per heavy atom. The number of carbonyl (C=O) groups is 1. The number of halogens is 1. The maximum absolute atomic E-state index is 12.5. The Hall–Kier alpha value is -1.61. The molecule has 0 spiro atoms. The molecule has 0 aliphatic carbocycles. The van der Waals surface area contributed by atoms with Gasteiger partial charge in [-0.15, -0.1) is 0 Å². The molecule has 0 saturated carbocycles. The molecule has 0 saturated heterocycles. The Morgan fingerprint density at radius 1 is 1.00 bits per heavy atom. The highest BCUT2D eigenvalue weighted by molar-refractivity contribution is 9.10. The second-order valence-corrected chi connectivity index (χ2v) is 6.03. The lowest BCUT2D eigenvalue weighted by Gasteiger charge is -2.14. The standard InChI is InChI=1S/C17H18BrNO/c1-10-6-5-7-15(13(10)4)17(20)19-16-11(2)8-14(18)9-12(16)3/h5-9H,1-4H3,(H,19,20). The monoisotopic (exact) mass is 331 g/mol. The van der Waals surface area contributed by atoms with Gasteiger partial charge in [0.25, 0.3) is 5.91 Å². The molecule has 3 heteroatoms. The SMILES string of the molecule is Cc1cccc(C(=O)Nc2c(C)cc(Br)cc2C)c1C. The number of nitrogens with one attached hydrogen (secondary N) is 1. The summed E-state index contributed by atoms with van der Waals surface area (Å²) in [6.07, 6.45) is 0. The van der Waals surface area contributed by atoms with E-state index in [4.69, 9.17) is 0 Å². The second-order valence-electron chi connectivity index (χ2n) is 5.12. The summed E-state index contributed by atoms with van der Waals surface area (Å²) in [6.45, 7) is 7.99. The molecule has 0 fully saturated rings. The molecule has 1 amide bonds. The van der Waals surface area contributed by atoms with E-state index in [2.05, 4.69) is 21.2 Å². The van der Waals surface area contributed by atoms with E-state index >= 15 is 0 Å². The van der Waals surface area contributed by atoms with Crippen LogP contribution in [0.5, 0.6) is 0 Å². The Balaban J connectivity index is 2.36. The molecule has 2 aromatic rings. The molecule has 2 aromatic carbocycles. The Bertz CT molecular complexity index is 654. The van der Waals surface area contributed by atoms with Gasteiger partial charge in [0.15, 0.2) is 0 Å². The van der Waals surface area contributed by atoms with Gasteiger partial charge in [0.05, 0.1) is 0 Å². The Labute approximate surface area is 128 Å². The molecule has 0 radical (unpaired) electrons. The van der Waals surface area contributed by atoms with Crippen molar-refractivity contribution in [2.75, 3.05) is 5.32 Å². The highest BCUT2D eigenvalue weighted by Gasteiger charge is 2.13. The van der Waals surface area contributed by atoms with Crippen LogP contribution in [0.25, 0.3) is 0 Å². The molecule has 0 bridgehead atoms. The number of hydrogen-bond donors (Lipinski definition) is 1. The number of anilines is 1. The molecular formula is C17H18BrNO. The van der Waals surface area contributed by atoms with Crippen molar-refractivity contribution in [1.29, 1.82) is 0 Å². The fraction of sp³-hybridized carbons (Fsp3) is 0.235. The second kappa shape index (κ2) is 5.80. The third-order valence-electron chi connectivity index (χ3n) is 3.59. The van der Waals surface area contributed by atoms with E-state index in [-0.39, 0.29) is 5.91 Å². The van der Waals surface area contributed by atoms with Crippen molar-refractivity contribution in [1.82, 2.24) is 0 Å². The van der Waals surface area contributed by atoms with Gasteiger partial charge >= 0.3 is 0 Å². The Kier molecular flexibility index (Phi) is 4.29. The predicted octanol–water partition coefficient (Wildman–Crippen LogP) is 4.94. The van der Waals surface area contributed by atoms with Crippen molar-refractivity contribution in [2.24, 2.45) is 0 Å². The molecule has 0 unspecified atom stereocenters. The van der Waals surface area contributed by atoms with E-state index in [1.807, 2.05) is 58.0 Å². The lowest BCUT2D eigenvalue weighted by Crippen LogP contribution is -2.15. The molecule has 2 rings (SSSR count). The van der Waals surface area contributed by atoms with Crippen LogP contribution in [0.2, 0.25) is 0 Å². The molecule has 2 nitrogen and oxygen atoms in total. The number of benzene rings is 2. The molecule has 0 aromatic heterocycles. The van der Waals surface area contributed by atoms with E-state index in [1.54, 1.807) is 0 Å². The smallest absolute Gasteiger partial charge is 0.255 e. The van der Waals surface area contributed by atoms with E-state index in [1.165, 1.54) is 0 Å². The number of hydrogen-bond acceptors (Lipinski definition) is 1. The molecule has 0 atom stereocenters. The molecule has 0 heterocycles. The largest absolute Gasteiger partial charge is 0.321 e. The van der Waals surface area contributed by atoms with Crippen molar-refractivity contribution in [3.63, 3.8) is 0 Å². The lowest BCUT2D eigenvalue weighted by molar-refractivity contribution is 0.102. The summed E-state index contributed by atoms with van der Waals surface area (Å²) in [5, 5.41) is 3.03. The summed E-state index contributed by atoms with van der Waals surface area (Å²) >= 11 is 3.47. The number of amides is 1. The van der Waals surface area contributed by atoms with Crippen LogP contribution in [-0.2, 0) is 0 Å². The van der Waals surface area contributed by atoms with Crippen LogP contribution in [0.3, 0.4) is 0 Å². The molecule has 104 valence electrons. The topological polar surface area (TPSA) is 29.1 Å². The maximum atomic E-state index is 12.5. The van der Waals surface area contributed by atoms with Crippen LogP contribution in [0.1, 0.15) is 32.6 Å². The van der Waals surface area contributed by atoms with E-state index in [0.29, 0.717) is 0 Å². The van der Waals surface area contributed by atoms with Gasteiger partial charge in [-0.3, -0.25) is 4.79 Å². The number of rotatable bonds is 2. The van der Waals surface area contributed by atoms with Crippen LogP contribution in [0, 0.1) is 27.7 Å². The van der Waals surface area contributed by atoms with Crippen molar-refractivity contribution < 1.29 is 4.79 Å². The summed E-state index contributed by atoms with van der Waals surface area (Å²) in [4.78, 5) is 12.5. The van der Waals surface area contributed by atoms with Gasteiger partial charge < -0.3 is 5.32 Å². The summed E-state index contributed by atoms with van der Waals surface area (Å²) < 4.78 is 1.03. The zero-order chi connectivity index (χ0) is 14.9. The third kappa shape index (κ3) is 2.93. The molecule has 1 N–H and O–H groups in total. The zero-order valence-electron chi connectivity index (χ0n) is 12.2. The van der Waals surface area contributed by atoms with E-state index < -0.39 is 0 Å². The average molecular weight is 332 g/mol. The molecule has 0 aliphatic heterocycles. The maximum Gasteiger partial charge on any atom is 0.255 e. The lowest BCUT2D eigenvalue weighted by atomic mass is 10.0. The van der Waals surface area contributed by atoms with Crippen LogP contribution < -0.4 is 5.32 Å². The van der Waals surface area contributed by atoms with Crippen molar-refractivity contribution in [3.05, 3.63) is 62.6 Å². The average Bonchev–Trinajstić information content (AvgIpc) is 2.36.